The summed E-state index contributed by atoms with van der Waals surface area (Å²) in [5, 5.41) is 0.498. The number of aromatic nitrogens is 1. The van der Waals surface area contributed by atoms with Gasteiger partial charge in [0.2, 0.25) is 0 Å². The van der Waals surface area contributed by atoms with Crippen LogP contribution in [0.15, 0.2) is 42.5 Å². The molecule has 3 aromatic rings. The summed E-state index contributed by atoms with van der Waals surface area (Å²) in [5.41, 5.74) is 1.88. The van der Waals surface area contributed by atoms with Crippen molar-refractivity contribution >= 4 is 16.9 Å². The van der Waals surface area contributed by atoms with Gasteiger partial charge in [0.25, 0.3) is 0 Å². The summed E-state index contributed by atoms with van der Waals surface area (Å²) in [5.74, 6) is -0.226. The first-order chi connectivity index (χ1) is 10.7. The van der Waals surface area contributed by atoms with Gasteiger partial charge in [0.05, 0.1) is 31.0 Å². The molecule has 0 radical (unpaired) electrons. The van der Waals surface area contributed by atoms with E-state index in [1.165, 1.54) is 13.2 Å². The molecule has 0 bridgehead atoms. The molecular formula is C17H14FNO3. The van der Waals surface area contributed by atoms with Crippen LogP contribution < -0.4 is 4.74 Å². The van der Waals surface area contributed by atoms with E-state index in [-0.39, 0.29) is 5.52 Å². The molecule has 1 aromatic heterocycles. The topological polar surface area (TPSA) is 51.3 Å². The van der Waals surface area contributed by atoms with E-state index in [0.29, 0.717) is 22.4 Å². The van der Waals surface area contributed by atoms with Crippen LogP contribution in [0, 0.1) is 5.82 Å². The second kappa shape index (κ2) is 5.52. The summed E-state index contributed by atoms with van der Waals surface area (Å²) in [4.78, 5) is 15.1. The van der Waals surface area contributed by atoms with Crippen LogP contribution in [-0.2, 0) is 4.74 Å². The van der Waals surface area contributed by atoms with E-state index in [0.717, 1.165) is 5.56 Å². The second-order valence-electron chi connectivity index (χ2n) is 4.76. The lowest BCUT2D eigenvalue weighted by Crippen LogP contribution is -2.02. The number of carbonyl (C=O) groups is 1. The van der Waals surface area contributed by atoms with Crippen LogP contribution in [0.25, 0.3) is 22.2 Å². The quantitative estimate of drug-likeness (QED) is 0.749. The number of fused-ring (bicyclic) bond motifs is 1. The van der Waals surface area contributed by atoms with Crippen LogP contribution in [-0.4, -0.2) is 25.2 Å². The Morgan fingerprint density at radius 2 is 1.82 bits per heavy atom. The summed E-state index contributed by atoms with van der Waals surface area (Å²) in [7, 11) is 2.88. The number of hydrogen-bond acceptors (Lipinski definition) is 3. The molecule has 0 aliphatic carbocycles. The Morgan fingerprint density at radius 3 is 2.45 bits per heavy atom. The minimum atomic E-state index is -0.511. The second-order valence-corrected chi connectivity index (χ2v) is 4.76. The maximum atomic E-state index is 14.0. The summed E-state index contributed by atoms with van der Waals surface area (Å²) in [6.07, 6.45) is 0. The van der Waals surface area contributed by atoms with Crippen LogP contribution in [0.2, 0.25) is 0 Å². The van der Waals surface area contributed by atoms with E-state index in [9.17, 15) is 9.18 Å². The molecule has 2 aromatic carbocycles. The van der Waals surface area contributed by atoms with Gasteiger partial charge in [-0.15, -0.1) is 0 Å². The van der Waals surface area contributed by atoms with Crippen LogP contribution in [0.4, 0.5) is 4.39 Å². The largest absolute Gasteiger partial charge is 0.497 e. The van der Waals surface area contributed by atoms with E-state index < -0.39 is 11.8 Å². The summed E-state index contributed by atoms with van der Waals surface area (Å²) < 4.78 is 23.9. The van der Waals surface area contributed by atoms with E-state index in [1.54, 1.807) is 43.5 Å². The number of methoxy groups -OCH3 is 2. The maximum Gasteiger partial charge on any atom is 0.340 e. The average Bonchev–Trinajstić information content (AvgIpc) is 2.95. The van der Waals surface area contributed by atoms with Crippen molar-refractivity contribution in [3.63, 3.8) is 0 Å². The highest BCUT2D eigenvalue weighted by molar-refractivity contribution is 6.10. The molecule has 1 N–H and O–H groups in total. The zero-order valence-electron chi connectivity index (χ0n) is 12.1. The Kier molecular flexibility index (Phi) is 3.55. The summed E-state index contributed by atoms with van der Waals surface area (Å²) >= 11 is 0. The summed E-state index contributed by atoms with van der Waals surface area (Å²) in [6, 6.07) is 11.7. The molecule has 0 saturated heterocycles. The Hall–Kier alpha value is -2.82. The first kappa shape index (κ1) is 14.1. The van der Waals surface area contributed by atoms with E-state index >= 15 is 0 Å². The van der Waals surface area contributed by atoms with Gasteiger partial charge in [-0.3, -0.25) is 0 Å². The molecule has 4 nitrogen and oxygen atoms in total. The monoisotopic (exact) mass is 299 g/mol. The first-order valence-electron chi connectivity index (χ1n) is 6.68. The van der Waals surface area contributed by atoms with Crippen molar-refractivity contribution in [1.82, 2.24) is 4.98 Å². The van der Waals surface area contributed by atoms with Crippen molar-refractivity contribution in [2.75, 3.05) is 14.2 Å². The Labute approximate surface area is 126 Å². The molecule has 5 heteroatoms. The van der Waals surface area contributed by atoms with Crippen LogP contribution in [0.5, 0.6) is 5.75 Å². The smallest absolute Gasteiger partial charge is 0.340 e. The molecule has 112 valence electrons. The molecule has 0 spiro atoms. The molecule has 3 rings (SSSR count). The molecule has 1 heterocycles. The fraction of sp³-hybridized carbons (Fsp3) is 0.118. The summed E-state index contributed by atoms with van der Waals surface area (Å²) in [6.45, 7) is 0. The number of nitrogens with one attached hydrogen (secondary N) is 1. The zero-order valence-corrected chi connectivity index (χ0v) is 12.1. The lowest BCUT2D eigenvalue weighted by Gasteiger charge is -2.05. The highest BCUT2D eigenvalue weighted by Gasteiger charge is 2.21. The Bertz CT molecular complexity index is 837. The standard InChI is InChI=1S/C17H14FNO3/c1-21-11-8-6-10(7-9-11)15-14(17(20)22-2)12-4-3-5-13(18)16(12)19-15/h3-9,19H,1-2H3. The van der Waals surface area contributed by atoms with Gasteiger partial charge in [-0.2, -0.15) is 0 Å². The van der Waals surface area contributed by atoms with E-state index in [4.69, 9.17) is 9.47 Å². The van der Waals surface area contributed by atoms with Crippen molar-refractivity contribution in [1.29, 1.82) is 0 Å². The van der Waals surface area contributed by atoms with Gasteiger partial charge in [-0.05, 0) is 35.9 Å². The third kappa shape index (κ3) is 2.20. The van der Waals surface area contributed by atoms with Gasteiger partial charge in [-0.25, -0.2) is 9.18 Å². The van der Waals surface area contributed by atoms with Gasteiger partial charge < -0.3 is 14.5 Å². The third-order valence-corrected chi connectivity index (χ3v) is 3.55. The maximum absolute atomic E-state index is 14.0. The first-order valence-corrected chi connectivity index (χ1v) is 6.68. The van der Waals surface area contributed by atoms with Crippen molar-refractivity contribution in [2.45, 2.75) is 0 Å². The number of ether oxygens (including phenoxy) is 2. The molecular weight excluding hydrogens is 285 g/mol. The lowest BCUT2D eigenvalue weighted by atomic mass is 10.1. The van der Waals surface area contributed by atoms with Crippen LogP contribution in [0.3, 0.4) is 0 Å². The zero-order chi connectivity index (χ0) is 15.7. The lowest BCUT2D eigenvalue weighted by molar-refractivity contribution is 0.0604. The van der Waals surface area contributed by atoms with Gasteiger partial charge in [0, 0.05) is 5.39 Å². The van der Waals surface area contributed by atoms with Gasteiger partial charge >= 0.3 is 5.97 Å². The molecule has 0 aliphatic heterocycles. The van der Waals surface area contributed by atoms with E-state index in [1.807, 2.05) is 0 Å². The molecule has 0 fully saturated rings. The SMILES string of the molecule is COC(=O)c1c(-c2ccc(OC)cc2)[nH]c2c(F)cccc12. The number of benzene rings is 2. The predicted octanol–water partition coefficient (Wildman–Crippen LogP) is 3.77. The minimum absolute atomic E-state index is 0.286. The number of rotatable bonds is 3. The van der Waals surface area contributed by atoms with Crippen molar-refractivity contribution in [3.05, 3.63) is 53.8 Å². The third-order valence-electron chi connectivity index (χ3n) is 3.55. The van der Waals surface area contributed by atoms with Crippen molar-refractivity contribution < 1.29 is 18.7 Å². The van der Waals surface area contributed by atoms with Crippen LogP contribution >= 0.6 is 0 Å². The number of H-pyrrole nitrogens is 1. The molecule has 0 saturated carbocycles. The Morgan fingerprint density at radius 1 is 1.09 bits per heavy atom. The molecule has 0 unspecified atom stereocenters. The number of aromatic amines is 1. The minimum Gasteiger partial charge on any atom is -0.497 e. The molecule has 0 aliphatic rings. The fourth-order valence-corrected chi connectivity index (χ4v) is 2.47. The number of esters is 1. The van der Waals surface area contributed by atoms with E-state index in [2.05, 4.69) is 4.98 Å². The normalized spacial score (nSPS) is 10.7. The average molecular weight is 299 g/mol. The highest BCUT2D eigenvalue weighted by atomic mass is 19.1. The molecule has 0 atom stereocenters. The van der Waals surface area contributed by atoms with Crippen molar-refractivity contribution in [2.24, 2.45) is 0 Å². The molecule has 22 heavy (non-hydrogen) atoms. The van der Waals surface area contributed by atoms with Crippen LogP contribution in [0.1, 0.15) is 10.4 Å². The number of halogens is 1. The van der Waals surface area contributed by atoms with Gasteiger partial charge in [0.15, 0.2) is 0 Å². The number of carbonyl (C=O) groups excluding carboxylic acids is 1. The van der Waals surface area contributed by atoms with Crippen molar-refractivity contribution in [3.8, 4) is 17.0 Å². The molecule has 0 amide bonds. The predicted molar refractivity (Wildman–Crippen MR) is 81.6 cm³/mol. The fourth-order valence-electron chi connectivity index (χ4n) is 2.47. The van der Waals surface area contributed by atoms with Gasteiger partial charge in [-0.1, -0.05) is 12.1 Å². The Balaban J connectivity index is 2.27. The number of para-hydroxylation sites is 1. The number of hydrogen-bond donors (Lipinski definition) is 1. The van der Waals surface area contributed by atoms with Gasteiger partial charge in [0.1, 0.15) is 11.6 Å². The highest BCUT2D eigenvalue weighted by Crippen LogP contribution is 2.32.